The van der Waals surface area contributed by atoms with Gasteiger partial charge >= 0.3 is 5.97 Å². The highest BCUT2D eigenvalue weighted by atomic mass is 28.4. The third-order valence-electron chi connectivity index (χ3n) is 5.09. The number of ether oxygens (including phenoxy) is 1. The Balaban J connectivity index is 5.86. The third kappa shape index (κ3) is 9.57. The topological polar surface area (TPSA) is 35.5 Å². The number of carbonyl (C=O) groups is 1. The summed E-state index contributed by atoms with van der Waals surface area (Å²) < 4.78 is 11.6. The maximum Gasteiger partial charge on any atom is 0.330 e. The molecule has 0 aromatic rings. The van der Waals surface area contributed by atoms with Gasteiger partial charge in [0.05, 0.1) is 13.2 Å². The van der Waals surface area contributed by atoms with Crippen LogP contribution in [0.4, 0.5) is 0 Å². The molecule has 0 aliphatic carbocycles. The Morgan fingerprint density at radius 1 is 1.07 bits per heavy atom. The molecule has 2 atom stereocenters. The molecule has 0 aliphatic rings. The lowest BCUT2D eigenvalue weighted by Gasteiger charge is -2.36. The van der Waals surface area contributed by atoms with Gasteiger partial charge < -0.3 is 9.16 Å². The van der Waals surface area contributed by atoms with Gasteiger partial charge in [-0.3, -0.25) is 0 Å². The normalized spacial score (nSPS) is 16.5. The fraction of sp³-hybridized carbons (Fsp3) is 0.696. The highest BCUT2D eigenvalue weighted by Crippen LogP contribution is 2.30. The van der Waals surface area contributed by atoms with Gasteiger partial charge in [-0.1, -0.05) is 72.3 Å². The van der Waals surface area contributed by atoms with Crippen LogP contribution < -0.4 is 0 Å². The van der Waals surface area contributed by atoms with Gasteiger partial charge in [-0.05, 0) is 43.0 Å². The molecule has 3 nitrogen and oxygen atoms in total. The van der Waals surface area contributed by atoms with E-state index in [1.54, 1.807) is 0 Å². The predicted molar refractivity (Wildman–Crippen MR) is 119 cm³/mol. The van der Waals surface area contributed by atoms with Gasteiger partial charge in [0, 0.05) is 12.0 Å². The van der Waals surface area contributed by atoms with Crippen LogP contribution in [0.1, 0.15) is 62.3 Å². The van der Waals surface area contributed by atoms with E-state index >= 15 is 0 Å². The van der Waals surface area contributed by atoms with Gasteiger partial charge in [0.1, 0.15) is 0 Å². The molecule has 0 radical (unpaired) electrons. The molecular weight excluding hydrogens is 352 g/mol. The lowest BCUT2D eigenvalue weighted by atomic mass is 9.92. The number of methoxy groups -OCH3 is 1. The van der Waals surface area contributed by atoms with Crippen LogP contribution in [0, 0.1) is 11.3 Å². The second-order valence-electron chi connectivity index (χ2n) is 8.67. The Bertz CT molecular complexity index is 540. The van der Waals surface area contributed by atoms with Crippen molar-refractivity contribution in [1.82, 2.24) is 0 Å². The molecule has 0 rings (SSSR count). The van der Waals surface area contributed by atoms with Crippen molar-refractivity contribution < 1.29 is 14.0 Å². The standard InChI is InChI=1S/C23H42O3Si/c1-11-27(12-2,13-3)26-22(19(5)14-15-21(24)25-10)20(6)16-18(4)17-23(7,8)9/h14-17,19,22H,11-13H2,1-10H3/b15-14-,18-17+,20-16+/t19-,22-/m1/s1. The van der Waals surface area contributed by atoms with Gasteiger partial charge in [-0.2, -0.15) is 0 Å². The molecule has 0 saturated carbocycles. The van der Waals surface area contributed by atoms with Crippen molar-refractivity contribution in [3.8, 4) is 0 Å². The first kappa shape index (κ1) is 25.9. The van der Waals surface area contributed by atoms with Gasteiger partial charge in [0.15, 0.2) is 8.32 Å². The summed E-state index contributed by atoms with van der Waals surface area (Å²) in [6.45, 7) is 19.8. The summed E-state index contributed by atoms with van der Waals surface area (Å²) in [5.41, 5.74) is 2.60. The summed E-state index contributed by atoms with van der Waals surface area (Å²) in [6.07, 6.45) is 7.92. The van der Waals surface area contributed by atoms with E-state index in [4.69, 9.17) is 9.16 Å². The molecule has 0 heterocycles. The number of esters is 1. The first-order valence-corrected chi connectivity index (χ1v) is 12.8. The molecule has 27 heavy (non-hydrogen) atoms. The van der Waals surface area contributed by atoms with Gasteiger partial charge in [-0.15, -0.1) is 0 Å². The van der Waals surface area contributed by atoms with Crippen LogP contribution in [0.5, 0.6) is 0 Å². The quantitative estimate of drug-likeness (QED) is 0.179. The molecule has 0 unspecified atom stereocenters. The van der Waals surface area contributed by atoms with E-state index in [2.05, 4.69) is 74.5 Å². The molecule has 4 heteroatoms. The smallest absolute Gasteiger partial charge is 0.330 e. The lowest BCUT2D eigenvalue weighted by Crippen LogP contribution is -2.42. The van der Waals surface area contributed by atoms with Crippen LogP contribution in [0.15, 0.2) is 35.5 Å². The summed E-state index contributed by atoms with van der Waals surface area (Å²) >= 11 is 0. The van der Waals surface area contributed by atoms with Crippen molar-refractivity contribution in [3.63, 3.8) is 0 Å². The SMILES string of the molecule is CC[Si](CC)(CC)O[C@@H](/C(C)=C/C(C)=C/C(C)(C)C)[C@H](C)/C=C\C(=O)OC. The molecule has 0 amide bonds. The zero-order valence-electron chi connectivity index (χ0n) is 19.3. The maximum atomic E-state index is 11.5. The molecule has 0 N–H and O–H groups in total. The van der Waals surface area contributed by atoms with Gasteiger partial charge in [0.25, 0.3) is 0 Å². The number of rotatable bonds is 10. The van der Waals surface area contributed by atoms with E-state index in [0.29, 0.717) is 0 Å². The van der Waals surface area contributed by atoms with Crippen molar-refractivity contribution in [2.75, 3.05) is 7.11 Å². The van der Waals surface area contributed by atoms with Crippen LogP contribution >= 0.6 is 0 Å². The monoisotopic (exact) mass is 394 g/mol. The first-order valence-electron chi connectivity index (χ1n) is 10.2. The molecular formula is C23H42O3Si. The molecule has 0 aromatic heterocycles. The minimum atomic E-state index is -1.78. The van der Waals surface area contributed by atoms with E-state index in [-0.39, 0.29) is 23.4 Å². The maximum absolute atomic E-state index is 11.5. The first-order chi connectivity index (χ1) is 12.4. The summed E-state index contributed by atoms with van der Waals surface area (Å²) in [6, 6.07) is 3.32. The second kappa shape index (κ2) is 11.7. The number of hydrogen-bond acceptors (Lipinski definition) is 3. The van der Waals surface area contributed by atoms with Crippen molar-refractivity contribution in [1.29, 1.82) is 0 Å². The fourth-order valence-corrected chi connectivity index (χ4v) is 6.39. The van der Waals surface area contributed by atoms with Crippen molar-refractivity contribution in [2.24, 2.45) is 11.3 Å². The molecule has 156 valence electrons. The van der Waals surface area contributed by atoms with Crippen molar-refractivity contribution in [2.45, 2.75) is 86.5 Å². The number of hydrogen-bond donors (Lipinski definition) is 0. The van der Waals surface area contributed by atoms with Gasteiger partial charge in [0.2, 0.25) is 0 Å². The Hall–Kier alpha value is -1.13. The summed E-state index contributed by atoms with van der Waals surface area (Å²) in [7, 11) is -0.376. The highest BCUT2D eigenvalue weighted by Gasteiger charge is 2.34. The van der Waals surface area contributed by atoms with E-state index in [0.717, 1.165) is 18.1 Å². The Morgan fingerprint density at radius 3 is 2.00 bits per heavy atom. The van der Waals surface area contributed by atoms with Crippen LogP contribution in [-0.4, -0.2) is 27.5 Å². The van der Waals surface area contributed by atoms with E-state index in [9.17, 15) is 4.79 Å². The molecule has 0 bridgehead atoms. The summed E-state index contributed by atoms with van der Waals surface area (Å²) in [5, 5.41) is 0. The van der Waals surface area contributed by atoms with Gasteiger partial charge in [-0.25, -0.2) is 4.79 Å². The molecule has 0 fully saturated rings. The Kier molecular flexibility index (Phi) is 11.2. The molecule has 0 spiro atoms. The van der Waals surface area contributed by atoms with E-state index in [1.165, 1.54) is 24.3 Å². The van der Waals surface area contributed by atoms with E-state index < -0.39 is 8.32 Å². The minimum absolute atomic E-state index is 0.0271. The number of allylic oxidation sites excluding steroid dienone is 3. The average molecular weight is 395 g/mol. The minimum Gasteiger partial charge on any atom is -0.466 e. The number of carbonyl (C=O) groups excluding carboxylic acids is 1. The zero-order valence-corrected chi connectivity index (χ0v) is 20.3. The summed E-state index contributed by atoms with van der Waals surface area (Å²) in [4.78, 5) is 11.5. The van der Waals surface area contributed by atoms with Crippen molar-refractivity contribution in [3.05, 3.63) is 35.5 Å². The van der Waals surface area contributed by atoms with Crippen molar-refractivity contribution >= 4 is 14.3 Å². The predicted octanol–water partition coefficient (Wildman–Crippen LogP) is 6.68. The Morgan fingerprint density at radius 2 is 1.59 bits per heavy atom. The molecule has 0 aliphatic heterocycles. The third-order valence-corrected chi connectivity index (χ3v) is 9.71. The largest absolute Gasteiger partial charge is 0.466 e. The fourth-order valence-electron chi connectivity index (χ4n) is 3.45. The Labute approximate surface area is 169 Å². The second-order valence-corrected chi connectivity index (χ2v) is 13.4. The lowest BCUT2D eigenvalue weighted by molar-refractivity contribution is -0.134. The zero-order chi connectivity index (χ0) is 21.3. The van der Waals surface area contributed by atoms with Crippen LogP contribution in [0.3, 0.4) is 0 Å². The average Bonchev–Trinajstić information content (AvgIpc) is 2.59. The van der Waals surface area contributed by atoms with E-state index in [1.807, 2.05) is 6.08 Å². The molecule has 0 aromatic carbocycles. The summed E-state index contributed by atoms with van der Waals surface area (Å²) in [5.74, 6) is -0.227. The van der Waals surface area contributed by atoms with Crippen LogP contribution in [-0.2, 0) is 14.0 Å². The van der Waals surface area contributed by atoms with Crippen LogP contribution in [0.2, 0.25) is 18.1 Å². The highest BCUT2D eigenvalue weighted by molar-refractivity contribution is 6.73. The van der Waals surface area contributed by atoms with Crippen LogP contribution in [0.25, 0.3) is 0 Å². The molecule has 0 saturated heterocycles.